The molecule has 0 aromatic heterocycles. The molecule has 0 saturated carbocycles. The van der Waals surface area contributed by atoms with Gasteiger partial charge in [-0.1, -0.05) is 23.7 Å². The molecule has 6 nitrogen and oxygen atoms in total. The zero-order valence-electron chi connectivity index (χ0n) is 14.1. The minimum Gasteiger partial charge on any atom is -0.497 e. The number of hydrogen-bond donors (Lipinski definition) is 1. The number of carbonyl (C=O) groups excluding carboxylic acids is 3. The van der Waals surface area contributed by atoms with Gasteiger partial charge in [0.1, 0.15) is 10.8 Å². The third-order valence-corrected chi connectivity index (χ3v) is 4.20. The Balaban J connectivity index is 1.92. The van der Waals surface area contributed by atoms with Crippen molar-refractivity contribution in [2.75, 3.05) is 17.3 Å². The Hall–Kier alpha value is -3.12. The summed E-state index contributed by atoms with van der Waals surface area (Å²) in [5, 5.41) is 2.50. The summed E-state index contributed by atoms with van der Waals surface area (Å²) >= 11 is 6.16. The third-order valence-electron chi connectivity index (χ3n) is 3.85. The first-order chi connectivity index (χ1) is 12.4. The van der Waals surface area contributed by atoms with E-state index in [1.165, 1.54) is 14.0 Å². The monoisotopic (exact) mass is 370 g/mol. The maximum absolute atomic E-state index is 12.8. The molecule has 3 rings (SSSR count). The van der Waals surface area contributed by atoms with E-state index >= 15 is 0 Å². The van der Waals surface area contributed by atoms with Crippen molar-refractivity contribution in [3.05, 3.63) is 59.1 Å². The molecule has 0 bridgehead atoms. The molecule has 0 saturated heterocycles. The highest BCUT2D eigenvalue weighted by Crippen LogP contribution is 2.35. The van der Waals surface area contributed by atoms with E-state index in [0.717, 1.165) is 4.90 Å². The molecule has 0 atom stereocenters. The molecule has 0 unspecified atom stereocenters. The molecule has 132 valence electrons. The van der Waals surface area contributed by atoms with E-state index in [1.54, 1.807) is 48.5 Å². The van der Waals surface area contributed by atoms with Gasteiger partial charge in [0.2, 0.25) is 5.91 Å². The first-order valence-corrected chi connectivity index (χ1v) is 8.11. The van der Waals surface area contributed by atoms with Gasteiger partial charge in [-0.15, -0.1) is 0 Å². The maximum atomic E-state index is 12.8. The number of anilines is 2. The predicted molar refractivity (Wildman–Crippen MR) is 99.0 cm³/mol. The van der Waals surface area contributed by atoms with Gasteiger partial charge in [0.25, 0.3) is 11.8 Å². The van der Waals surface area contributed by atoms with Crippen molar-refractivity contribution in [3.8, 4) is 5.75 Å². The fraction of sp³-hybridized carbons (Fsp3) is 0.105. The number of nitrogens with one attached hydrogen (secondary N) is 1. The number of imide groups is 1. The van der Waals surface area contributed by atoms with Gasteiger partial charge in [-0.05, 0) is 42.0 Å². The van der Waals surface area contributed by atoms with Crippen LogP contribution in [-0.4, -0.2) is 24.8 Å². The molecule has 1 aliphatic rings. The summed E-state index contributed by atoms with van der Waals surface area (Å²) in [6, 6.07) is 13.1. The standard InChI is InChI=1S/C19H15ClN2O4/c1-11(23)21-13-5-3-12(4-6-13)16-17(20)19(25)22(18(16)24)14-7-9-15(26-2)10-8-14/h3-10H,1-2H3,(H,21,23). The largest absolute Gasteiger partial charge is 0.497 e. The SMILES string of the molecule is COc1ccc(N2C(=O)C(Cl)=C(c3ccc(NC(C)=O)cc3)C2=O)cc1. The normalized spacial score (nSPS) is 14.0. The zero-order valence-corrected chi connectivity index (χ0v) is 14.8. The predicted octanol–water partition coefficient (Wildman–Crippen LogP) is 3.18. The zero-order chi connectivity index (χ0) is 18.8. The molecule has 0 fully saturated rings. The van der Waals surface area contributed by atoms with Crippen molar-refractivity contribution < 1.29 is 19.1 Å². The van der Waals surface area contributed by atoms with E-state index in [2.05, 4.69) is 5.32 Å². The summed E-state index contributed by atoms with van der Waals surface area (Å²) in [5.74, 6) is -0.673. The molecule has 2 aromatic carbocycles. The van der Waals surface area contributed by atoms with Crippen LogP contribution < -0.4 is 15.0 Å². The van der Waals surface area contributed by atoms with Crippen LogP contribution in [0.5, 0.6) is 5.75 Å². The van der Waals surface area contributed by atoms with Gasteiger partial charge in [0.15, 0.2) is 0 Å². The average molecular weight is 371 g/mol. The molecule has 1 N–H and O–H groups in total. The van der Waals surface area contributed by atoms with Crippen LogP contribution in [-0.2, 0) is 14.4 Å². The van der Waals surface area contributed by atoms with E-state index in [0.29, 0.717) is 22.7 Å². The van der Waals surface area contributed by atoms with Crippen LogP contribution in [0.15, 0.2) is 53.6 Å². The van der Waals surface area contributed by atoms with Crippen molar-refractivity contribution in [1.29, 1.82) is 0 Å². The first kappa shape index (κ1) is 17.7. The summed E-state index contributed by atoms with van der Waals surface area (Å²) in [6.07, 6.45) is 0. The van der Waals surface area contributed by atoms with Gasteiger partial charge >= 0.3 is 0 Å². The van der Waals surface area contributed by atoms with Crippen LogP contribution in [0, 0.1) is 0 Å². The maximum Gasteiger partial charge on any atom is 0.277 e. The smallest absolute Gasteiger partial charge is 0.277 e. The number of methoxy groups -OCH3 is 1. The molecule has 7 heteroatoms. The lowest BCUT2D eigenvalue weighted by Gasteiger charge is -2.15. The van der Waals surface area contributed by atoms with Gasteiger partial charge < -0.3 is 10.1 Å². The second-order valence-electron chi connectivity index (χ2n) is 5.59. The second-order valence-corrected chi connectivity index (χ2v) is 5.97. The summed E-state index contributed by atoms with van der Waals surface area (Å²) in [7, 11) is 1.53. The Morgan fingerprint density at radius 3 is 2.15 bits per heavy atom. The Labute approximate surface area is 155 Å². The molecular weight excluding hydrogens is 356 g/mol. The molecule has 2 aromatic rings. The Bertz CT molecular complexity index is 918. The number of benzene rings is 2. The van der Waals surface area contributed by atoms with Crippen molar-refractivity contribution in [2.24, 2.45) is 0 Å². The second kappa shape index (κ2) is 7.01. The van der Waals surface area contributed by atoms with Gasteiger partial charge in [-0.25, -0.2) is 4.90 Å². The molecular formula is C19H15ClN2O4. The van der Waals surface area contributed by atoms with Gasteiger partial charge in [0, 0.05) is 12.6 Å². The van der Waals surface area contributed by atoms with E-state index in [4.69, 9.17) is 16.3 Å². The topological polar surface area (TPSA) is 75.7 Å². The molecule has 0 spiro atoms. The molecule has 26 heavy (non-hydrogen) atoms. The Morgan fingerprint density at radius 2 is 1.62 bits per heavy atom. The number of halogens is 1. The van der Waals surface area contributed by atoms with Gasteiger partial charge in [0.05, 0.1) is 18.4 Å². The minimum absolute atomic E-state index is 0.127. The van der Waals surface area contributed by atoms with Crippen molar-refractivity contribution in [2.45, 2.75) is 6.92 Å². The van der Waals surface area contributed by atoms with Gasteiger partial charge in [-0.2, -0.15) is 0 Å². The molecule has 0 radical (unpaired) electrons. The number of carbonyl (C=O) groups is 3. The summed E-state index contributed by atoms with van der Waals surface area (Å²) in [4.78, 5) is 37.4. The third kappa shape index (κ3) is 3.19. The number of nitrogens with zero attached hydrogens (tertiary/aromatic N) is 1. The van der Waals surface area contributed by atoms with Gasteiger partial charge in [-0.3, -0.25) is 14.4 Å². The summed E-state index contributed by atoms with van der Waals surface area (Å²) in [6.45, 7) is 1.40. The highest BCUT2D eigenvalue weighted by atomic mass is 35.5. The van der Waals surface area contributed by atoms with E-state index < -0.39 is 11.8 Å². The van der Waals surface area contributed by atoms with Crippen LogP contribution in [0.4, 0.5) is 11.4 Å². The van der Waals surface area contributed by atoms with Crippen LogP contribution >= 0.6 is 11.6 Å². The number of rotatable bonds is 4. The molecule has 3 amide bonds. The Kier molecular flexibility index (Phi) is 4.77. The quantitative estimate of drug-likeness (QED) is 0.839. The fourth-order valence-corrected chi connectivity index (χ4v) is 2.92. The molecule has 1 aliphatic heterocycles. The number of amides is 3. The lowest BCUT2D eigenvalue weighted by Crippen LogP contribution is -2.31. The highest BCUT2D eigenvalue weighted by molar-refractivity contribution is 6.60. The van der Waals surface area contributed by atoms with Crippen LogP contribution in [0.3, 0.4) is 0 Å². The van der Waals surface area contributed by atoms with Crippen LogP contribution in [0.1, 0.15) is 12.5 Å². The number of hydrogen-bond acceptors (Lipinski definition) is 4. The minimum atomic E-state index is -0.581. The average Bonchev–Trinajstić information content (AvgIpc) is 2.85. The summed E-state index contributed by atoms with van der Waals surface area (Å²) in [5.41, 5.74) is 1.62. The Morgan fingerprint density at radius 1 is 1.00 bits per heavy atom. The fourth-order valence-electron chi connectivity index (χ4n) is 2.64. The van der Waals surface area contributed by atoms with E-state index in [9.17, 15) is 14.4 Å². The highest BCUT2D eigenvalue weighted by Gasteiger charge is 2.39. The molecule has 0 aliphatic carbocycles. The first-order valence-electron chi connectivity index (χ1n) is 7.73. The lowest BCUT2D eigenvalue weighted by molar-refractivity contribution is -0.120. The van der Waals surface area contributed by atoms with Crippen LogP contribution in [0.2, 0.25) is 0 Å². The summed E-state index contributed by atoms with van der Waals surface area (Å²) < 4.78 is 5.08. The number of ether oxygens (including phenoxy) is 1. The molecule has 1 heterocycles. The van der Waals surface area contributed by atoms with E-state index in [-0.39, 0.29) is 16.5 Å². The lowest BCUT2D eigenvalue weighted by atomic mass is 10.1. The van der Waals surface area contributed by atoms with Crippen molar-refractivity contribution in [3.63, 3.8) is 0 Å². The van der Waals surface area contributed by atoms with Crippen LogP contribution in [0.25, 0.3) is 5.57 Å². The van der Waals surface area contributed by atoms with Crippen molar-refractivity contribution >= 4 is 46.3 Å². The van der Waals surface area contributed by atoms with E-state index in [1.807, 2.05) is 0 Å². The van der Waals surface area contributed by atoms with Crippen molar-refractivity contribution in [1.82, 2.24) is 0 Å².